The normalized spacial score (nSPS) is 36.1. The second-order valence-corrected chi connectivity index (χ2v) is 2.30. The molecule has 1 fully saturated rings. The van der Waals surface area contributed by atoms with Crippen LogP contribution in [0.5, 0.6) is 0 Å². The van der Waals surface area contributed by atoms with Crippen molar-refractivity contribution in [3.8, 4) is 0 Å². The van der Waals surface area contributed by atoms with E-state index < -0.39 is 6.29 Å². The molecule has 1 aliphatic heterocycles. The van der Waals surface area contributed by atoms with Crippen LogP contribution in [-0.4, -0.2) is 17.5 Å². The Morgan fingerprint density at radius 1 is 1.56 bits per heavy atom. The van der Waals surface area contributed by atoms with Gasteiger partial charge >= 0.3 is 0 Å². The lowest BCUT2D eigenvalue weighted by molar-refractivity contribution is -0.147. The van der Waals surface area contributed by atoms with Crippen molar-refractivity contribution in [2.45, 2.75) is 31.7 Å². The van der Waals surface area contributed by atoms with Crippen LogP contribution in [0.15, 0.2) is 12.7 Å². The first kappa shape index (κ1) is 6.78. The lowest BCUT2D eigenvalue weighted by Crippen LogP contribution is -2.25. The number of ether oxygens (including phenoxy) is 1. The summed E-state index contributed by atoms with van der Waals surface area (Å²) in [5.41, 5.74) is 0. The molecule has 1 heterocycles. The minimum Gasteiger partial charge on any atom is -0.368 e. The van der Waals surface area contributed by atoms with Crippen molar-refractivity contribution in [3.05, 3.63) is 12.7 Å². The molecule has 0 saturated carbocycles. The lowest BCUT2D eigenvalue weighted by Gasteiger charge is -2.23. The average molecular weight is 128 g/mol. The summed E-state index contributed by atoms with van der Waals surface area (Å²) in [6.45, 7) is 3.58. The largest absolute Gasteiger partial charge is 0.368 e. The van der Waals surface area contributed by atoms with Gasteiger partial charge in [-0.2, -0.15) is 0 Å². The van der Waals surface area contributed by atoms with Gasteiger partial charge in [-0.25, -0.2) is 0 Å². The van der Waals surface area contributed by atoms with Crippen molar-refractivity contribution >= 4 is 0 Å². The summed E-state index contributed by atoms with van der Waals surface area (Å²) < 4.78 is 5.07. The summed E-state index contributed by atoms with van der Waals surface area (Å²) in [4.78, 5) is 0. The van der Waals surface area contributed by atoms with E-state index in [0.29, 0.717) is 0 Å². The SMILES string of the molecule is C=C[C@H]1CCC[C@H](O)O1. The second kappa shape index (κ2) is 2.99. The maximum Gasteiger partial charge on any atom is 0.155 e. The van der Waals surface area contributed by atoms with E-state index in [1.54, 1.807) is 6.08 Å². The van der Waals surface area contributed by atoms with E-state index in [1.165, 1.54) is 0 Å². The molecule has 1 N–H and O–H groups in total. The highest BCUT2D eigenvalue weighted by Crippen LogP contribution is 2.17. The molecule has 1 aliphatic rings. The monoisotopic (exact) mass is 128 g/mol. The maximum atomic E-state index is 8.94. The molecule has 0 aliphatic carbocycles. The molecule has 0 aromatic rings. The molecule has 0 aromatic heterocycles. The van der Waals surface area contributed by atoms with E-state index >= 15 is 0 Å². The third-order valence-corrected chi connectivity index (χ3v) is 1.53. The molecule has 52 valence electrons. The Labute approximate surface area is 55.1 Å². The molecule has 2 nitrogen and oxygen atoms in total. The van der Waals surface area contributed by atoms with Crippen molar-refractivity contribution in [1.82, 2.24) is 0 Å². The number of aliphatic hydroxyl groups excluding tert-OH is 1. The molecule has 9 heavy (non-hydrogen) atoms. The van der Waals surface area contributed by atoms with Crippen LogP contribution in [0.2, 0.25) is 0 Å². The van der Waals surface area contributed by atoms with Gasteiger partial charge in [0, 0.05) is 0 Å². The zero-order valence-electron chi connectivity index (χ0n) is 5.42. The third kappa shape index (κ3) is 1.80. The Morgan fingerprint density at radius 3 is 2.78 bits per heavy atom. The molecule has 1 rings (SSSR count). The summed E-state index contributed by atoms with van der Waals surface area (Å²) in [6.07, 6.45) is 4.07. The smallest absolute Gasteiger partial charge is 0.155 e. The van der Waals surface area contributed by atoms with E-state index in [2.05, 4.69) is 6.58 Å². The fourth-order valence-electron chi connectivity index (χ4n) is 1.00. The van der Waals surface area contributed by atoms with Crippen molar-refractivity contribution in [2.75, 3.05) is 0 Å². The van der Waals surface area contributed by atoms with Crippen LogP contribution in [-0.2, 0) is 4.74 Å². The lowest BCUT2D eigenvalue weighted by atomic mass is 10.1. The predicted octanol–water partition coefficient (Wildman–Crippen LogP) is 1.06. The fourth-order valence-corrected chi connectivity index (χ4v) is 1.00. The molecule has 0 unspecified atom stereocenters. The van der Waals surface area contributed by atoms with Crippen LogP contribution in [0.3, 0.4) is 0 Å². The van der Waals surface area contributed by atoms with Gasteiger partial charge in [0.05, 0.1) is 6.10 Å². The van der Waals surface area contributed by atoms with E-state index in [1.807, 2.05) is 0 Å². The Bertz CT molecular complexity index is 101. The molecule has 0 aromatic carbocycles. The summed E-state index contributed by atoms with van der Waals surface area (Å²) in [7, 11) is 0. The Hall–Kier alpha value is -0.340. The van der Waals surface area contributed by atoms with Gasteiger partial charge in [-0.1, -0.05) is 6.08 Å². The van der Waals surface area contributed by atoms with Gasteiger partial charge in [0.25, 0.3) is 0 Å². The molecule has 0 amide bonds. The number of hydrogen-bond acceptors (Lipinski definition) is 2. The van der Waals surface area contributed by atoms with Crippen LogP contribution < -0.4 is 0 Å². The molecule has 2 heteroatoms. The van der Waals surface area contributed by atoms with Crippen LogP contribution in [0.1, 0.15) is 19.3 Å². The number of hydrogen-bond donors (Lipinski definition) is 1. The van der Waals surface area contributed by atoms with Gasteiger partial charge in [0.1, 0.15) is 0 Å². The first-order valence-corrected chi connectivity index (χ1v) is 3.29. The Balaban J connectivity index is 2.31. The molecular weight excluding hydrogens is 116 g/mol. The first-order chi connectivity index (χ1) is 4.33. The van der Waals surface area contributed by atoms with Gasteiger partial charge in [-0.15, -0.1) is 6.58 Å². The Kier molecular flexibility index (Phi) is 2.25. The summed E-state index contributed by atoms with van der Waals surface area (Å²) in [6, 6.07) is 0. The van der Waals surface area contributed by atoms with Crippen molar-refractivity contribution in [2.24, 2.45) is 0 Å². The van der Waals surface area contributed by atoms with E-state index in [0.717, 1.165) is 19.3 Å². The second-order valence-electron chi connectivity index (χ2n) is 2.30. The molecule has 0 radical (unpaired) electrons. The van der Waals surface area contributed by atoms with Gasteiger partial charge in [0.15, 0.2) is 6.29 Å². The maximum absolute atomic E-state index is 8.94. The zero-order chi connectivity index (χ0) is 6.69. The van der Waals surface area contributed by atoms with Crippen LogP contribution in [0, 0.1) is 0 Å². The molecule has 0 bridgehead atoms. The highest BCUT2D eigenvalue weighted by Gasteiger charge is 2.16. The van der Waals surface area contributed by atoms with Crippen LogP contribution in [0.4, 0.5) is 0 Å². The highest BCUT2D eigenvalue weighted by atomic mass is 16.6. The molecular formula is C7H12O2. The van der Waals surface area contributed by atoms with Crippen molar-refractivity contribution in [3.63, 3.8) is 0 Å². The summed E-state index contributed by atoms with van der Waals surface area (Å²) in [5.74, 6) is 0. The quantitative estimate of drug-likeness (QED) is 0.535. The van der Waals surface area contributed by atoms with Crippen LogP contribution in [0.25, 0.3) is 0 Å². The topological polar surface area (TPSA) is 29.5 Å². The Morgan fingerprint density at radius 2 is 2.33 bits per heavy atom. The van der Waals surface area contributed by atoms with Gasteiger partial charge in [-0.05, 0) is 19.3 Å². The third-order valence-electron chi connectivity index (χ3n) is 1.53. The summed E-state index contributed by atoms with van der Waals surface area (Å²) in [5, 5.41) is 8.94. The minimum absolute atomic E-state index is 0.0775. The molecule has 2 atom stereocenters. The van der Waals surface area contributed by atoms with Gasteiger partial charge in [-0.3, -0.25) is 0 Å². The van der Waals surface area contributed by atoms with Gasteiger partial charge < -0.3 is 9.84 Å². The van der Waals surface area contributed by atoms with E-state index in [9.17, 15) is 0 Å². The van der Waals surface area contributed by atoms with Crippen molar-refractivity contribution < 1.29 is 9.84 Å². The van der Waals surface area contributed by atoms with E-state index in [4.69, 9.17) is 9.84 Å². The van der Waals surface area contributed by atoms with Gasteiger partial charge in [0.2, 0.25) is 0 Å². The average Bonchev–Trinajstić information content (AvgIpc) is 1.88. The first-order valence-electron chi connectivity index (χ1n) is 3.29. The standard InChI is InChI=1S/C7H12O2/c1-2-6-4-3-5-7(8)9-6/h2,6-8H,1,3-5H2/t6-,7+/m0/s1. The molecule has 0 spiro atoms. The van der Waals surface area contributed by atoms with Crippen LogP contribution >= 0.6 is 0 Å². The van der Waals surface area contributed by atoms with Crippen molar-refractivity contribution in [1.29, 1.82) is 0 Å². The number of aliphatic hydroxyl groups is 1. The highest BCUT2D eigenvalue weighted by molar-refractivity contribution is 4.82. The number of rotatable bonds is 1. The molecule has 1 saturated heterocycles. The van der Waals surface area contributed by atoms with E-state index in [-0.39, 0.29) is 6.10 Å². The fraction of sp³-hybridized carbons (Fsp3) is 0.714. The predicted molar refractivity (Wildman–Crippen MR) is 34.9 cm³/mol. The summed E-state index contributed by atoms with van der Waals surface area (Å²) >= 11 is 0. The minimum atomic E-state index is -0.554. The zero-order valence-corrected chi connectivity index (χ0v) is 5.42.